The van der Waals surface area contributed by atoms with Crippen molar-refractivity contribution < 1.29 is 0 Å². The Bertz CT molecular complexity index is 189. The summed E-state index contributed by atoms with van der Waals surface area (Å²) in [4.78, 5) is 0. The van der Waals surface area contributed by atoms with Gasteiger partial charge in [-0.1, -0.05) is 0 Å². The zero-order chi connectivity index (χ0) is 8.67. The summed E-state index contributed by atoms with van der Waals surface area (Å²) < 4.78 is 0. The third-order valence-corrected chi connectivity index (χ3v) is 5.17. The minimum atomic E-state index is 0.850. The van der Waals surface area contributed by atoms with Gasteiger partial charge in [0.2, 0.25) is 0 Å². The summed E-state index contributed by atoms with van der Waals surface area (Å²) in [7, 11) is 0. The highest BCUT2D eigenvalue weighted by atomic mass is 32.2. The van der Waals surface area contributed by atoms with Gasteiger partial charge in [0.1, 0.15) is 0 Å². The molecule has 0 radical (unpaired) electrons. The van der Waals surface area contributed by atoms with Crippen LogP contribution >= 0.6 is 11.8 Å². The molecule has 2 saturated carbocycles. The molecule has 4 atom stereocenters. The van der Waals surface area contributed by atoms with Crippen LogP contribution in [0.1, 0.15) is 32.1 Å². The van der Waals surface area contributed by atoms with E-state index < -0.39 is 0 Å². The predicted octanol–water partition coefficient (Wildman–Crippen LogP) is 2.27. The third-order valence-electron chi connectivity index (χ3n) is 3.95. The van der Waals surface area contributed by atoms with E-state index in [9.17, 15) is 0 Å². The maximum absolute atomic E-state index is 3.89. The van der Waals surface area contributed by atoms with Crippen molar-refractivity contribution in [3.63, 3.8) is 0 Å². The topological polar surface area (TPSA) is 12.0 Å². The van der Waals surface area contributed by atoms with Gasteiger partial charge in [0.25, 0.3) is 0 Å². The van der Waals surface area contributed by atoms with Gasteiger partial charge in [0.05, 0.1) is 0 Å². The highest BCUT2D eigenvalue weighted by Crippen LogP contribution is 2.51. The average Bonchev–Trinajstić information content (AvgIpc) is 2.86. The molecule has 3 fully saturated rings. The molecular formula is C11H19NS. The summed E-state index contributed by atoms with van der Waals surface area (Å²) in [6.45, 7) is 0. The number of fused-ring (bicyclic) bond motifs is 1. The first-order chi connectivity index (χ1) is 6.43. The second kappa shape index (κ2) is 3.47. The van der Waals surface area contributed by atoms with Crippen LogP contribution in [0.15, 0.2) is 0 Å². The van der Waals surface area contributed by atoms with Gasteiger partial charge in [-0.3, -0.25) is 0 Å². The second-order valence-electron chi connectivity index (χ2n) is 4.92. The Morgan fingerprint density at radius 1 is 1.15 bits per heavy atom. The summed E-state index contributed by atoms with van der Waals surface area (Å²) in [6, 6.07) is 1.76. The largest absolute Gasteiger partial charge is 0.310 e. The zero-order valence-corrected chi connectivity index (χ0v) is 8.98. The molecule has 13 heavy (non-hydrogen) atoms. The molecule has 4 unspecified atom stereocenters. The van der Waals surface area contributed by atoms with Gasteiger partial charge in [0, 0.05) is 17.8 Å². The van der Waals surface area contributed by atoms with E-state index in [1.807, 2.05) is 0 Å². The molecule has 3 aliphatic rings. The van der Waals surface area contributed by atoms with E-state index in [0.29, 0.717) is 0 Å². The molecule has 0 aromatic carbocycles. The highest BCUT2D eigenvalue weighted by molar-refractivity contribution is 7.99. The summed E-state index contributed by atoms with van der Waals surface area (Å²) in [5, 5.41) is 3.89. The van der Waals surface area contributed by atoms with Crippen LogP contribution in [0.25, 0.3) is 0 Å². The van der Waals surface area contributed by atoms with Crippen LogP contribution in [0.5, 0.6) is 0 Å². The van der Waals surface area contributed by atoms with Gasteiger partial charge in [0.15, 0.2) is 0 Å². The summed E-state index contributed by atoms with van der Waals surface area (Å²) in [5.74, 6) is 4.99. The van der Waals surface area contributed by atoms with Gasteiger partial charge >= 0.3 is 0 Å². The number of hydrogen-bond donors (Lipinski definition) is 1. The molecule has 0 aromatic rings. The van der Waals surface area contributed by atoms with Crippen molar-refractivity contribution in [1.82, 2.24) is 5.32 Å². The quantitative estimate of drug-likeness (QED) is 0.729. The number of rotatable bonds is 2. The monoisotopic (exact) mass is 197 g/mol. The van der Waals surface area contributed by atoms with Gasteiger partial charge < -0.3 is 5.32 Å². The van der Waals surface area contributed by atoms with Crippen molar-refractivity contribution in [2.24, 2.45) is 11.8 Å². The number of thioether (sulfide) groups is 1. The van der Waals surface area contributed by atoms with Crippen LogP contribution in [-0.2, 0) is 0 Å². The van der Waals surface area contributed by atoms with Crippen LogP contribution in [-0.4, -0.2) is 23.6 Å². The smallest absolute Gasteiger partial charge is 0.0161 e. The first-order valence-corrected chi connectivity index (χ1v) is 6.93. The van der Waals surface area contributed by atoms with Gasteiger partial charge in [-0.25, -0.2) is 0 Å². The van der Waals surface area contributed by atoms with Crippen molar-refractivity contribution in [3.8, 4) is 0 Å². The lowest BCUT2D eigenvalue weighted by Crippen LogP contribution is -2.41. The van der Waals surface area contributed by atoms with Crippen molar-refractivity contribution in [1.29, 1.82) is 0 Å². The van der Waals surface area contributed by atoms with Crippen molar-refractivity contribution in [3.05, 3.63) is 0 Å². The van der Waals surface area contributed by atoms with E-state index >= 15 is 0 Å². The Morgan fingerprint density at radius 3 is 2.77 bits per heavy atom. The van der Waals surface area contributed by atoms with E-state index in [1.165, 1.54) is 43.6 Å². The molecule has 74 valence electrons. The van der Waals surface area contributed by atoms with Crippen LogP contribution in [0, 0.1) is 11.8 Å². The van der Waals surface area contributed by atoms with Gasteiger partial charge in [-0.2, -0.15) is 11.8 Å². The predicted molar refractivity (Wildman–Crippen MR) is 58.1 cm³/mol. The standard InChI is InChI=1S/C11H19NS/c1-2-9(7-13-5-1)12-11-4-3-8-6-10(8)11/h8-12H,1-7H2. The molecule has 0 aromatic heterocycles. The van der Waals surface area contributed by atoms with Crippen molar-refractivity contribution in [2.75, 3.05) is 11.5 Å². The molecule has 0 spiro atoms. The fraction of sp³-hybridized carbons (Fsp3) is 1.00. The highest BCUT2D eigenvalue weighted by Gasteiger charge is 2.48. The van der Waals surface area contributed by atoms with Crippen molar-refractivity contribution >= 4 is 11.8 Å². The molecule has 1 nitrogen and oxygen atoms in total. The van der Waals surface area contributed by atoms with E-state index in [1.54, 1.807) is 0 Å². The zero-order valence-electron chi connectivity index (χ0n) is 8.17. The normalized spacial score (nSPS) is 48.9. The summed E-state index contributed by atoms with van der Waals surface area (Å²) in [6.07, 6.45) is 7.39. The molecule has 3 rings (SSSR count). The fourth-order valence-corrected chi connectivity index (χ4v) is 4.17. The minimum Gasteiger partial charge on any atom is -0.310 e. The van der Waals surface area contributed by atoms with Crippen molar-refractivity contribution in [2.45, 2.75) is 44.2 Å². The third kappa shape index (κ3) is 1.75. The first kappa shape index (κ1) is 8.60. The van der Waals surface area contributed by atoms with Crippen LogP contribution < -0.4 is 5.32 Å². The lowest BCUT2D eigenvalue weighted by molar-refractivity contribution is 0.400. The van der Waals surface area contributed by atoms with Crippen LogP contribution in [0.4, 0.5) is 0 Å². The molecule has 1 N–H and O–H groups in total. The van der Waals surface area contributed by atoms with E-state index in [0.717, 1.165) is 23.9 Å². The minimum absolute atomic E-state index is 0.850. The number of hydrogen-bond acceptors (Lipinski definition) is 2. The van der Waals surface area contributed by atoms with Crippen LogP contribution in [0.2, 0.25) is 0 Å². The molecule has 2 heteroatoms. The van der Waals surface area contributed by atoms with E-state index in [-0.39, 0.29) is 0 Å². The Hall–Kier alpha value is 0.310. The average molecular weight is 197 g/mol. The van der Waals surface area contributed by atoms with Gasteiger partial charge in [-0.05, 0) is 49.7 Å². The Labute approximate surface area is 85.0 Å². The summed E-state index contributed by atoms with van der Waals surface area (Å²) >= 11 is 2.14. The molecular weight excluding hydrogens is 178 g/mol. The molecule has 2 aliphatic carbocycles. The SMILES string of the molecule is C1CSCC(NC2CCC3CC32)C1. The fourth-order valence-electron chi connectivity index (χ4n) is 3.09. The lowest BCUT2D eigenvalue weighted by atomic mass is 10.1. The lowest BCUT2D eigenvalue weighted by Gasteiger charge is -2.26. The van der Waals surface area contributed by atoms with E-state index in [2.05, 4.69) is 17.1 Å². The molecule has 0 bridgehead atoms. The molecule has 1 saturated heterocycles. The molecule has 0 amide bonds. The maximum Gasteiger partial charge on any atom is 0.0161 e. The van der Waals surface area contributed by atoms with Gasteiger partial charge in [-0.15, -0.1) is 0 Å². The molecule has 1 heterocycles. The summed E-state index contributed by atoms with van der Waals surface area (Å²) in [5.41, 5.74) is 0. The Balaban J connectivity index is 1.50. The first-order valence-electron chi connectivity index (χ1n) is 5.77. The molecule has 1 aliphatic heterocycles. The van der Waals surface area contributed by atoms with E-state index in [4.69, 9.17) is 0 Å². The Kier molecular flexibility index (Phi) is 2.30. The second-order valence-corrected chi connectivity index (χ2v) is 6.07. The van der Waals surface area contributed by atoms with Crippen LogP contribution in [0.3, 0.4) is 0 Å². The Morgan fingerprint density at radius 2 is 2.15 bits per heavy atom. The maximum atomic E-state index is 3.89. The number of nitrogens with one attached hydrogen (secondary N) is 1.